The molecule has 7 nitrogen and oxygen atoms in total. The first-order chi connectivity index (χ1) is 8.72. The van der Waals surface area contributed by atoms with Gasteiger partial charge in [-0.3, -0.25) is 0 Å². The van der Waals surface area contributed by atoms with Crippen molar-refractivity contribution in [2.45, 2.75) is 6.61 Å². The number of nitrogens with zero attached hydrogens (tertiary/aromatic N) is 3. The number of pyridine rings is 1. The summed E-state index contributed by atoms with van der Waals surface area (Å²) in [6.45, 7) is -0.153. The van der Waals surface area contributed by atoms with Crippen LogP contribution < -0.4 is 11.1 Å². The van der Waals surface area contributed by atoms with E-state index in [0.717, 1.165) is 6.21 Å². The number of anilines is 3. The van der Waals surface area contributed by atoms with E-state index < -0.39 is 0 Å². The van der Waals surface area contributed by atoms with Crippen LogP contribution >= 0.6 is 0 Å². The van der Waals surface area contributed by atoms with Crippen LogP contribution in [-0.4, -0.2) is 26.3 Å². The Balaban J connectivity index is 2.22. The lowest BCUT2D eigenvalue weighted by Gasteiger charge is -2.07. The summed E-state index contributed by atoms with van der Waals surface area (Å²) in [7, 11) is 0. The van der Waals surface area contributed by atoms with E-state index in [2.05, 4.69) is 20.3 Å². The molecule has 0 aliphatic carbocycles. The first-order valence-corrected chi connectivity index (χ1v) is 5.17. The number of rotatable bonds is 4. The number of hydrogen-bond acceptors (Lipinski definition) is 7. The minimum Gasteiger partial charge on any atom is -0.398 e. The van der Waals surface area contributed by atoms with Crippen molar-refractivity contribution in [1.82, 2.24) is 15.0 Å². The zero-order valence-electron chi connectivity index (χ0n) is 9.46. The van der Waals surface area contributed by atoms with E-state index in [1.165, 1.54) is 12.5 Å². The predicted molar refractivity (Wildman–Crippen MR) is 67.8 cm³/mol. The smallest absolute Gasteiger partial charge is 0.135 e. The minimum atomic E-state index is -0.153. The molecule has 0 amide bonds. The van der Waals surface area contributed by atoms with E-state index in [9.17, 15) is 0 Å². The van der Waals surface area contributed by atoms with Gasteiger partial charge in [-0.05, 0) is 0 Å². The van der Waals surface area contributed by atoms with Crippen LogP contribution in [0, 0.1) is 5.41 Å². The summed E-state index contributed by atoms with van der Waals surface area (Å²) in [4.78, 5) is 12.0. The second kappa shape index (κ2) is 5.19. The van der Waals surface area contributed by atoms with E-state index >= 15 is 0 Å². The fraction of sp³-hybridized carbons (Fsp3) is 0.0909. The van der Waals surface area contributed by atoms with E-state index in [-0.39, 0.29) is 6.61 Å². The van der Waals surface area contributed by atoms with Crippen molar-refractivity contribution in [2.24, 2.45) is 0 Å². The lowest BCUT2D eigenvalue weighted by atomic mass is 10.2. The number of aromatic nitrogens is 3. The number of aliphatic hydroxyl groups is 1. The molecular formula is C11H12N6O. The number of nitrogens with two attached hydrogens (primary N) is 1. The van der Waals surface area contributed by atoms with Crippen molar-refractivity contribution in [3.8, 4) is 0 Å². The SMILES string of the molecule is N=Cc1cnc(Nc2cc(CO)ncn2)cc1N. The maximum atomic E-state index is 8.96. The molecule has 0 atom stereocenters. The van der Waals surface area contributed by atoms with Crippen molar-refractivity contribution in [3.63, 3.8) is 0 Å². The van der Waals surface area contributed by atoms with Gasteiger partial charge in [0.1, 0.15) is 18.0 Å². The molecule has 0 radical (unpaired) electrons. The first-order valence-electron chi connectivity index (χ1n) is 5.17. The van der Waals surface area contributed by atoms with E-state index in [0.29, 0.717) is 28.6 Å². The van der Waals surface area contributed by atoms with Crippen LogP contribution in [0.1, 0.15) is 11.3 Å². The number of nitrogens with one attached hydrogen (secondary N) is 2. The van der Waals surface area contributed by atoms with Gasteiger partial charge in [-0.2, -0.15) is 0 Å². The van der Waals surface area contributed by atoms with Gasteiger partial charge in [0.15, 0.2) is 0 Å². The summed E-state index contributed by atoms with van der Waals surface area (Å²) in [5.41, 5.74) is 7.26. The Morgan fingerprint density at radius 2 is 2.06 bits per heavy atom. The quantitative estimate of drug-likeness (QED) is 0.587. The van der Waals surface area contributed by atoms with Crippen LogP contribution in [-0.2, 0) is 6.61 Å². The Hall–Kier alpha value is -2.54. The van der Waals surface area contributed by atoms with Crippen molar-refractivity contribution in [2.75, 3.05) is 11.1 Å². The molecule has 0 aromatic carbocycles. The molecule has 2 rings (SSSR count). The molecule has 5 N–H and O–H groups in total. The van der Waals surface area contributed by atoms with Gasteiger partial charge < -0.3 is 21.6 Å². The fourth-order valence-electron chi connectivity index (χ4n) is 1.35. The molecule has 2 aromatic rings. The fourth-order valence-corrected chi connectivity index (χ4v) is 1.35. The van der Waals surface area contributed by atoms with Crippen molar-refractivity contribution in [1.29, 1.82) is 5.41 Å². The third-order valence-corrected chi connectivity index (χ3v) is 2.27. The second-order valence-electron chi connectivity index (χ2n) is 3.52. The van der Waals surface area contributed by atoms with E-state index in [1.54, 1.807) is 12.1 Å². The van der Waals surface area contributed by atoms with Gasteiger partial charge >= 0.3 is 0 Å². The molecule has 0 saturated carbocycles. The number of aliphatic hydroxyl groups excluding tert-OH is 1. The highest BCUT2D eigenvalue weighted by atomic mass is 16.3. The maximum absolute atomic E-state index is 8.96. The van der Waals surface area contributed by atoms with Crippen molar-refractivity contribution < 1.29 is 5.11 Å². The molecular weight excluding hydrogens is 232 g/mol. The Bertz CT molecular complexity index is 571. The largest absolute Gasteiger partial charge is 0.398 e. The summed E-state index contributed by atoms with van der Waals surface area (Å²) in [5, 5.41) is 19.0. The van der Waals surface area contributed by atoms with Crippen LogP contribution in [0.4, 0.5) is 17.3 Å². The molecule has 0 spiro atoms. The van der Waals surface area contributed by atoms with Crippen LogP contribution in [0.3, 0.4) is 0 Å². The number of hydrogen-bond donors (Lipinski definition) is 4. The minimum absolute atomic E-state index is 0.153. The van der Waals surface area contributed by atoms with E-state index in [1.807, 2.05) is 0 Å². The lowest BCUT2D eigenvalue weighted by Crippen LogP contribution is -2.01. The Labute approximate surface area is 103 Å². The molecule has 0 saturated heterocycles. The Kier molecular flexibility index (Phi) is 3.44. The average molecular weight is 244 g/mol. The highest BCUT2D eigenvalue weighted by Gasteiger charge is 2.02. The van der Waals surface area contributed by atoms with Crippen molar-refractivity contribution >= 4 is 23.5 Å². The number of nitrogen functional groups attached to an aromatic ring is 1. The first kappa shape index (κ1) is 11.9. The monoisotopic (exact) mass is 244 g/mol. The standard InChI is InChI=1S/C11H12N6O/c12-3-7-4-14-11(2-9(7)13)17-10-1-8(5-18)15-6-16-10/h1-4,6,12,18H,5H2,(H3,13,14,15,16,17). The highest BCUT2D eigenvalue weighted by Crippen LogP contribution is 2.17. The maximum Gasteiger partial charge on any atom is 0.135 e. The zero-order chi connectivity index (χ0) is 13.0. The average Bonchev–Trinajstić information content (AvgIpc) is 2.39. The Morgan fingerprint density at radius 1 is 1.28 bits per heavy atom. The summed E-state index contributed by atoms with van der Waals surface area (Å²) in [6, 6.07) is 3.23. The summed E-state index contributed by atoms with van der Waals surface area (Å²) < 4.78 is 0. The lowest BCUT2D eigenvalue weighted by molar-refractivity contribution is 0.276. The van der Waals surface area contributed by atoms with Crippen LogP contribution in [0.5, 0.6) is 0 Å². The van der Waals surface area contributed by atoms with Crippen molar-refractivity contribution in [3.05, 3.63) is 35.9 Å². The molecule has 0 fully saturated rings. The topological polar surface area (TPSA) is 121 Å². The summed E-state index contributed by atoms with van der Waals surface area (Å²) in [5.74, 6) is 1.03. The van der Waals surface area contributed by atoms with Gasteiger partial charge in [-0.25, -0.2) is 15.0 Å². The molecule has 18 heavy (non-hydrogen) atoms. The van der Waals surface area contributed by atoms with Gasteiger partial charge in [0.05, 0.1) is 12.3 Å². The van der Waals surface area contributed by atoms with Gasteiger partial charge in [-0.1, -0.05) is 0 Å². The molecule has 0 aliphatic heterocycles. The molecule has 92 valence electrons. The van der Waals surface area contributed by atoms with E-state index in [4.69, 9.17) is 16.2 Å². The van der Waals surface area contributed by atoms with Crippen LogP contribution in [0.15, 0.2) is 24.7 Å². The normalized spacial score (nSPS) is 10.1. The van der Waals surface area contributed by atoms with Crippen LogP contribution in [0.2, 0.25) is 0 Å². The third-order valence-electron chi connectivity index (χ3n) is 2.27. The summed E-state index contributed by atoms with van der Waals surface area (Å²) in [6.07, 6.45) is 3.99. The van der Waals surface area contributed by atoms with Crippen LogP contribution in [0.25, 0.3) is 0 Å². The molecule has 0 aliphatic rings. The summed E-state index contributed by atoms with van der Waals surface area (Å²) >= 11 is 0. The zero-order valence-corrected chi connectivity index (χ0v) is 9.46. The van der Waals surface area contributed by atoms with Gasteiger partial charge in [0.2, 0.25) is 0 Å². The molecule has 2 aromatic heterocycles. The van der Waals surface area contributed by atoms with Gasteiger partial charge in [-0.15, -0.1) is 0 Å². The Morgan fingerprint density at radius 3 is 2.72 bits per heavy atom. The molecule has 2 heterocycles. The second-order valence-corrected chi connectivity index (χ2v) is 3.52. The highest BCUT2D eigenvalue weighted by molar-refractivity contribution is 5.85. The van der Waals surface area contributed by atoms with Gasteiger partial charge in [0, 0.05) is 35.8 Å². The predicted octanol–water partition coefficient (Wildman–Crippen LogP) is 0.687. The molecule has 0 bridgehead atoms. The third kappa shape index (κ3) is 2.58. The molecule has 0 unspecified atom stereocenters. The molecule has 7 heteroatoms. The van der Waals surface area contributed by atoms with Gasteiger partial charge in [0.25, 0.3) is 0 Å².